The van der Waals surface area contributed by atoms with Crippen LogP contribution in [0.4, 0.5) is 0 Å². The van der Waals surface area contributed by atoms with E-state index in [0.717, 1.165) is 33.2 Å². The second-order valence-corrected chi connectivity index (χ2v) is 7.87. The summed E-state index contributed by atoms with van der Waals surface area (Å²) in [5.41, 5.74) is 4.85. The third kappa shape index (κ3) is 3.38. The van der Waals surface area contributed by atoms with Gasteiger partial charge in [0.25, 0.3) is 5.56 Å². The van der Waals surface area contributed by atoms with Gasteiger partial charge in [-0.2, -0.15) is 0 Å². The van der Waals surface area contributed by atoms with E-state index in [1.807, 2.05) is 73.7 Å². The first-order chi connectivity index (χ1) is 16.2. The molecule has 5 heterocycles. The number of H-pyrrole nitrogens is 1. The van der Waals surface area contributed by atoms with Crippen molar-refractivity contribution in [2.24, 2.45) is 0 Å². The zero-order chi connectivity index (χ0) is 22.4. The zero-order valence-electron chi connectivity index (χ0n) is 17.7. The molecule has 0 fully saturated rings. The number of aromatic nitrogens is 4. The standard InChI is InChI=1S/C27H18N4O2/c1-16-7-10-24(33-16)25-20(17-8-9-22-18(13-17)5-4-12-28-22)14-19-15-21(23-6-2-3-11-29-23)27(32)31-26(19)30-25/h2-15H,1H3,(H,30,31,32). The van der Waals surface area contributed by atoms with Crippen LogP contribution >= 0.6 is 0 Å². The first-order valence-corrected chi connectivity index (χ1v) is 10.6. The minimum Gasteiger partial charge on any atom is -0.460 e. The first kappa shape index (κ1) is 19.1. The topological polar surface area (TPSA) is 84.7 Å². The molecule has 1 N–H and O–H groups in total. The van der Waals surface area contributed by atoms with Crippen LogP contribution in [0.15, 0.2) is 94.4 Å². The first-order valence-electron chi connectivity index (χ1n) is 10.6. The summed E-state index contributed by atoms with van der Waals surface area (Å²) in [5, 5.41) is 1.84. The fraction of sp³-hybridized carbons (Fsp3) is 0.0370. The average Bonchev–Trinajstić information content (AvgIpc) is 3.29. The van der Waals surface area contributed by atoms with Crippen molar-refractivity contribution in [1.82, 2.24) is 19.9 Å². The van der Waals surface area contributed by atoms with Gasteiger partial charge in [-0.3, -0.25) is 14.8 Å². The summed E-state index contributed by atoms with van der Waals surface area (Å²) in [5.74, 6) is 1.44. The highest BCUT2D eigenvalue weighted by molar-refractivity contribution is 5.93. The van der Waals surface area contributed by atoms with Gasteiger partial charge in [0.1, 0.15) is 17.1 Å². The number of nitrogens with zero attached hydrogens (tertiary/aromatic N) is 3. The molecule has 0 aliphatic carbocycles. The maximum absolute atomic E-state index is 12.8. The molecule has 0 saturated carbocycles. The molecule has 0 saturated heterocycles. The minimum absolute atomic E-state index is 0.236. The highest BCUT2D eigenvalue weighted by atomic mass is 16.3. The van der Waals surface area contributed by atoms with Crippen molar-refractivity contribution in [1.29, 1.82) is 0 Å². The summed E-state index contributed by atoms with van der Waals surface area (Å²) in [6.45, 7) is 1.90. The van der Waals surface area contributed by atoms with Gasteiger partial charge in [-0.15, -0.1) is 0 Å². The highest BCUT2D eigenvalue weighted by Gasteiger charge is 2.17. The predicted octanol–water partition coefficient (Wildman–Crippen LogP) is 5.77. The Bertz CT molecular complexity index is 1700. The second kappa shape index (κ2) is 7.53. The van der Waals surface area contributed by atoms with Crippen LogP contribution in [-0.4, -0.2) is 19.9 Å². The van der Waals surface area contributed by atoms with Gasteiger partial charge in [-0.1, -0.05) is 18.2 Å². The fourth-order valence-corrected chi connectivity index (χ4v) is 4.06. The number of hydrogen-bond donors (Lipinski definition) is 1. The molecule has 0 bridgehead atoms. The Kier molecular flexibility index (Phi) is 4.36. The summed E-state index contributed by atoms with van der Waals surface area (Å²) >= 11 is 0. The quantitative estimate of drug-likeness (QED) is 0.385. The monoisotopic (exact) mass is 430 g/mol. The number of aromatic amines is 1. The van der Waals surface area contributed by atoms with Crippen LogP contribution in [0, 0.1) is 6.92 Å². The van der Waals surface area contributed by atoms with Gasteiger partial charge in [0.2, 0.25) is 0 Å². The summed E-state index contributed by atoms with van der Waals surface area (Å²) in [4.78, 5) is 29.3. The van der Waals surface area contributed by atoms with Crippen LogP contribution in [0.2, 0.25) is 0 Å². The lowest BCUT2D eigenvalue weighted by molar-refractivity contribution is 0.547. The van der Waals surface area contributed by atoms with Crippen molar-refractivity contribution in [3.05, 3.63) is 101 Å². The molecule has 158 valence electrons. The van der Waals surface area contributed by atoms with E-state index in [2.05, 4.69) is 21.0 Å². The normalized spacial score (nSPS) is 11.3. The van der Waals surface area contributed by atoms with Crippen LogP contribution in [0.3, 0.4) is 0 Å². The summed E-state index contributed by atoms with van der Waals surface area (Å²) in [7, 11) is 0. The molecule has 0 amide bonds. The summed E-state index contributed by atoms with van der Waals surface area (Å²) < 4.78 is 5.91. The zero-order valence-corrected chi connectivity index (χ0v) is 17.7. The van der Waals surface area contributed by atoms with Gasteiger partial charge in [0.05, 0.1) is 16.8 Å². The molecule has 0 atom stereocenters. The second-order valence-electron chi connectivity index (χ2n) is 7.87. The fourth-order valence-electron chi connectivity index (χ4n) is 4.06. The van der Waals surface area contributed by atoms with E-state index in [1.165, 1.54) is 0 Å². The van der Waals surface area contributed by atoms with Crippen molar-refractivity contribution < 1.29 is 4.42 Å². The Morgan fingerprint density at radius 1 is 0.818 bits per heavy atom. The van der Waals surface area contributed by atoms with Crippen molar-refractivity contribution in [3.63, 3.8) is 0 Å². The van der Waals surface area contributed by atoms with Crippen LogP contribution < -0.4 is 5.56 Å². The lowest BCUT2D eigenvalue weighted by atomic mass is 9.99. The van der Waals surface area contributed by atoms with Gasteiger partial charge in [-0.25, -0.2) is 4.98 Å². The van der Waals surface area contributed by atoms with Gasteiger partial charge in [0.15, 0.2) is 5.76 Å². The molecule has 0 unspecified atom stereocenters. The van der Waals surface area contributed by atoms with E-state index >= 15 is 0 Å². The molecule has 33 heavy (non-hydrogen) atoms. The van der Waals surface area contributed by atoms with Crippen molar-refractivity contribution in [3.8, 4) is 33.8 Å². The molecule has 0 aliphatic heterocycles. The molecule has 0 spiro atoms. The molecule has 1 aromatic carbocycles. The third-order valence-corrected chi connectivity index (χ3v) is 5.66. The van der Waals surface area contributed by atoms with E-state index in [4.69, 9.17) is 9.40 Å². The van der Waals surface area contributed by atoms with E-state index < -0.39 is 0 Å². The van der Waals surface area contributed by atoms with Crippen LogP contribution in [0.25, 0.3) is 55.8 Å². The van der Waals surface area contributed by atoms with Crippen LogP contribution in [-0.2, 0) is 0 Å². The Hall–Kier alpha value is -4.58. The molecule has 0 radical (unpaired) electrons. The molecule has 6 aromatic rings. The van der Waals surface area contributed by atoms with Gasteiger partial charge >= 0.3 is 0 Å². The van der Waals surface area contributed by atoms with Gasteiger partial charge < -0.3 is 9.40 Å². The SMILES string of the molecule is Cc1ccc(-c2nc3[nH]c(=O)c(-c4ccccn4)cc3cc2-c2ccc3ncccc3c2)o1. The molecular formula is C27H18N4O2. The maximum atomic E-state index is 12.8. The molecule has 6 rings (SSSR count). The van der Waals surface area contributed by atoms with E-state index in [-0.39, 0.29) is 5.56 Å². The Morgan fingerprint density at radius 3 is 2.52 bits per heavy atom. The van der Waals surface area contributed by atoms with Crippen LogP contribution in [0.1, 0.15) is 5.76 Å². The van der Waals surface area contributed by atoms with Crippen molar-refractivity contribution >= 4 is 21.9 Å². The number of hydrogen-bond acceptors (Lipinski definition) is 5. The largest absolute Gasteiger partial charge is 0.460 e. The van der Waals surface area contributed by atoms with Crippen molar-refractivity contribution in [2.45, 2.75) is 6.92 Å². The molecule has 6 heteroatoms. The summed E-state index contributed by atoms with van der Waals surface area (Å²) in [6.07, 6.45) is 3.46. The number of pyridine rings is 4. The number of nitrogens with one attached hydrogen (secondary N) is 1. The predicted molar refractivity (Wildman–Crippen MR) is 129 cm³/mol. The average molecular weight is 430 g/mol. The number of furan rings is 1. The third-order valence-electron chi connectivity index (χ3n) is 5.66. The number of benzene rings is 1. The van der Waals surface area contributed by atoms with Crippen LogP contribution in [0.5, 0.6) is 0 Å². The lowest BCUT2D eigenvalue weighted by Crippen LogP contribution is -2.10. The summed E-state index contributed by atoms with van der Waals surface area (Å²) in [6, 6.07) is 23.3. The maximum Gasteiger partial charge on any atom is 0.259 e. The van der Waals surface area contributed by atoms with Gasteiger partial charge in [-0.05, 0) is 67.1 Å². The van der Waals surface area contributed by atoms with Gasteiger partial charge in [0, 0.05) is 28.7 Å². The smallest absolute Gasteiger partial charge is 0.259 e. The molecule has 6 nitrogen and oxygen atoms in total. The van der Waals surface area contributed by atoms with E-state index in [0.29, 0.717) is 28.4 Å². The Morgan fingerprint density at radius 2 is 1.70 bits per heavy atom. The van der Waals surface area contributed by atoms with Crippen molar-refractivity contribution in [2.75, 3.05) is 0 Å². The highest BCUT2D eigenvalue weighted by Crippen LogP contribution is 2.35. The molecule has 0 aliphatic rings. The number of fused-ring (bicyclic) bond motifs is 2. The molecule has 5 aromatic heterocycles. The minimum atomic E-state index is -0.236. The number of aryl methyl sites for hydroxylation is 1. The Labute approximate surface area is 188 Å². The Balaban J connectivity index is 1.63. The molecular weight excluding hydrogens is 412 g/mol. The lowest BCUT2D eigenvalue weighted by Gasteiger charge is -2.11. The van der Waals surface area contributed by atoms with E-state index in [9.17, 15) is 4.79 Å². The van der Waals surface area contributed by atoms with E-state index in [1.54, 1.807) is 12.4 Å². The number of rotatable bonds is 3.